The molecule has 7 nitrogen and oxygen atoms in total. The molecule has 0 spiro atoms. The minimum atomic E-state index is -0.645. The van der Waals surface area contributed by atoms with Crippen molar-refractivity contribution in [1.29, 1.82) is 0 Å². The smallest absolute Gasteiger partial charge is 0.271 e. The summed E-state index contributed by atoms with van der Waals surface area (Å²) in [6.07, 6.45) is 1.86. The fourth-order valence-electron chi connectivity index (χ4n) is 4.13. The molecule has 0 fully saturated rings. The number of allylic oxidation sites excluding steroid dienone is 2. The number of benzene rings is 2. The largest absolute Gasteiger partial charge is 0.497 e. The number of aromatic nitrogens is 1. The highest BCUT2D eigenvalue weighted by atomic mass is 32.1. The van der Waals surface area contributed by atoms with Gasteiger partial charge in [0.2, 0.25) is 0 Å². The zero-order chi connectivity index (χ0) is 24.6. The lowest BCUT2D eigenvalue weighted by molar-refractivity contribution is -0.114. The van der Waals surface area contributed by atoms with Crippen LogP contribution in [0.2, 0.25) is 0 Å². The predicted octanol–water partition coefficient (Wildman–Crippen LogP) is 2.91. The molecule has 0 saturated carbocycles. The summed E-state index contributed by atoms with van der Waals surface area (Å²) in [4.78, 5) is 33.6. The summed E-state index contributed by atoms with van der Waals surface area (Å²) >= 11 is 1.31. The van der Waals surface area contributed by atoms with Gasteiger partial charge in [0.25, 0.3) is 5.56 Å². The van der Waals surface area contributed by atoms with Gasteiger partial charge in [-0.2, -0.15) is 0 Å². The average Bonchev–Trinajstić information content (AvgIpc) is 3.12. The summed E-state index contributed by atoms with van der Waals surface area (Å²) in [7, 11) is 7.10. The van der Waals surface area contributed by atoms with Crippen molar-refractivity contribution in [2.24, 2.45) is 4.99 Å². The van der Waals surface area contributed by atoms with Gasteiger partial charge in [0, 0.05) is 42.7 Å². The molecule has 1 aliphatic heterocycles. The Balaban J connectivity index is 1.94. The number of ether oxygens (including phenoxy) is 2. The molecule has 4 rings (SSSR count). The van der Waals surface area contributed by atoms with Gasteiger partial charge in [0.15, 0.2) is 10.6 Å². The number of fused-ring (bicyclic) bond motifs is 1. The quantitative estimate of drug-likeness (QED) is 0.546. The van der Waals surface area contributed by atoms with Crippen LogP contribution in [0.15, 0.2) is 63.5 Å². The van der Waals surface area contributed by atoms with Crippen molar-refractivity contribution in [1.82, 2.24) is 4.57 Å². The third kappa shape index (κ3) is 4.17. The molecule has 0 aliphatic carbocycles. The van der Waals surface area contributed by atoms with Crippen LogP contribution in [0.25, 0.3) is 6.08 Å². The van der Waals surface area contributed by atoms with E-state index in [1.54, 1.807) is 37.8 Å². The summed E-state index contributed by atoms with van der Waals surface area (Å²) in [6.45, 7) is 3.30. The van der Waals surface area contributed by atoms with Crippen LogP contribution in [-0.2, 0) is 4.79 Å². The second-order valence-electron chi connectivity index (χ2n) is 8.23. The maximum Gasteiger partial charge on any atom is 0.271 e. The number of carbonyl (C=O) groups excluding carboxylic acids is 1. The standard InChI is InChI=1S/C26H27N3O4S/c1-15-23(16(2)30)24(20-12-11-19(32-5)14-21(20)33-6)29-25(31)22(34-26(29)27-15)13-17-7-9-18(10-8-17)28(3)4/h7-14,24H,1-6H3/b22-13-/t24-/m1/s1. The zero-order valence-corrected chi connectivity index (χ0v) is 20.9. The maximum absolute atomic E-state index is 13.6. The number of hydrogen-bond donors (Lipinski definition) is 0. The number of carbonyl (C=O) groups is 1. The van der Waals surface area contributed by atoms with E-state index in [1.165, 1.54) is 18.3 Å². The summed E-state index contributed by atoms with van der Waals surface area (Å²) in [6, 6.07) is 12.7. The van der Waals surface area contributed by atoms with Gasteiger partial charge >= 0.3 is 0 Å². The van der Waals surface area contributed by atoms with Crippen molar-refractivity contribution in [3.8, 4) is 11.5 Å². The molecule has 0 N–H and O–H groups in total. The first-order valence-electron chi connectivity index (χ1n) is 10.8. The van der Waals surface area contributed by atoms with Crippen molar-refractivity contribution < 1.29 is 14.3 Å². The Labute approximate surface area is 201 Å². The molecule has 1 aliphatic rings. The second-order valence-corrected chi connectivity index (χ2v) is 9.24. The molecular weight excluding hydrogens is 450 g/mol. The molecule has 0 radical (unpaired) electrons. The average molecular weight is 478 g/mol. The Hall–Kier alpha value is -3.65. The third-order valence-corrected chi connectivity index (χ3v) is 6.83. The van der Waals surface area contributed by atoms with Crippen LogP contribution < -0.4 is 29.3 Å². The number of anilines is 1. The first-order valence-corrected chi connectivity index (χ1v) is 11.6. The molecule has 8 heteroatoms. The number of hydrogen-bond acceptors (Lipinski definition) is 7. The van der Waals surface area contributed by atoms with Crippen molar-refractivity contribution >= 4 is 28.9 Å². The zero-order valence-electron chi connectivity index (χ0n) is 20.1. The SMILES string of the molecule is COc1ccc([C@@H]2C(C(C)=O)=C(C)N=c3s/c(=C\c4ccc(N(C)C)cc4)c(=O)n32)c(OC)c1. The molecule has 176 valence electrons. The molecular formula is C26H27N3O4S. The normalized spacial score (nSPS) is 15.6. The third-order valence-electron chi connectivity index (χ3n) is 5.84. The highest BCUT2D eigenvalue weighted by Crippen LogP contribution is 2.37. The minimum Gasteiger partial charge on any atom is -0.497 e. The fourth-order valence-corrected chi connectivity index (χ4v) is 5.18. The number of thiazole rings is 1. The van der Waals surface area contributed by atoms with Crippen LogP contribution in [0.3, 0.4) is 0 Å². The van der Waals surface area contributed by atoms with Gasteiger partial charge in [-0.3, -0.25) is 14.2 Å². The molecule has 1 aromatic heterocycles. The molecule has 34 heavy (non-hydrogen) atoms. The van der Waals surface area contributed by atoms with Crippen LogP contribution >= 0.6 is 11.3 Å². The molecule has 3 aromatic rings. The number of ketones is 1. The van der Waals surface area contributed by atoms with Gasteiger partial charge in [0.1, 0.15) is 11.5 Å². The first kappa shape index (κ1) is 23.5. The number of methoxy groups -OCH3 is 2. The van der Waals surface area contributed by atoms with E-state index in [2.05, 4.69) is 4.99 Å². The number of rotatable bonds is 6. The van der Waals surface area contributed by atoms with Gasteiger partial charge < -0.3 is 14.4 Å². The monoisotopic (exact) mass is 477 g/mol. The molecule has 1 atom stereocenters. The summed E-state index contributed by atoms with van der Waals surface area (Å²) in [5.74, 6) is 1.02. The summed E-state index contributed by atoms with van der Waals surface area (Å²) in [5, 5.41) is 0. The highest BCUT2D eigenvalue weighted by Gasteiger charge is 2.32. The Morgan fingerprint density at radius 2 is 1.82 bits per heavy atom. The molecule has 0 saturated heterocycles. The van der Waals surface area contributed by atoms with Crippen molar-refractivity contribution in [3.05, 3.63) is 84.5 Å². The molecule has 2 heterocycles. The fraction of sp³-hybridized carbons (Fsp3) is 0.269. The molecule has 0 amide bonds. The van der Waals surface area contributed by atoms with E-state index in [0.717, 1.165) is 11.3 Å². The second kappa shape index (κ2) is 9.30. The molecule has 2 aromatic carbocycles. The Morgan fingerprint density at radius 1 is 1.12 bits per heavy atom. The first-order chi connectivity index (χ1) is 16.2. The van der Waals surface area contributed by atoms with Gasteiger partial charge in [0.05, 0.1) is 24.8 Å². The van der Waals surface area contributed by atoms with Crippen LogP contribution in [0.1, 0.15) is 31.0 Å². The van der Waals surface area contributed by atoms with Crippen molar-refractivity contribution in [2.75, 3.05) is 33.2 Å². The van der Waals surface area contributed by atoms with E-state index in [0.29, 0.717) is 37.7 Å². The number of nitrogens with zero attached hydrogens (tertiary/aromatic N) is 3. The topological polar surface area (TPSA) is 73.1 Å². The van der Waals surface area contributed by atoms with E-state index in [1.807, 2.05) is 55.4 Å². The highest BCUT2D eigenvalue weighted by molar-refractivity contribution is 7.07. The van der Waals surface area contributed by atoms with E-state index in [-0.39, 0.29) is 11.3 Å². The van der Waals surface area contributed by atoms with Gasteiger partial charge in [-0.15, -0.1) is 0 Å². The van der Waals surface area contributed by atoms with Crippen LogP contribution in [0, 0.1) is 0 Å². The Bertz CT molecular complexity index is 1460. The maximum atomic E-state index is 13.6. The predicted molar refractivity (Wildman–Crippen MR) is 135 cm³/mol. The lowest BCUT2D eigenvalue weighted by Gasteiger charge is -2.26. The number of Topliss-reactive ketones (excluding diaryl/α,β-unsaturated/α-hetero) is 1. The van der Waals surface area contributed by atoms with Crippen molar-refractivity contribution in [3.63, 3.8) is 0 Å². The van der Waals surface area contributed by atoms with Gasteiger partial charge in [-0.1, -0.05) is 23.5 Å². The van der Waals surface area contributed by atoms with E-state index in [4.69, 9.17) is 9.47 Å². The minimum absolute atomic E-state index is 0.141. The van der Waals surface area contributed by atoms with E-state index >= 15 is 0 Å². The summed E-state index contributed by atoms with van der Waals surface area (Å²) < 4.78 is 13.1. The van der Waals surface area contributed by atoms with Crippen LogP contribution in [0.4, 0.5) is 5.69 Å². The van der Waals surface area contributed by atoms with E-state index in [9.17, 15) is 9.59 Å². The lowest BCUT2D eigenvalue weighted by Crippen LogP contribution is -2.39. The molecule has 0 bridgehead atoms. The Morgan fingerprint density at radius 3 is 2.41 bits per heavy atom. The van der Waals surface area contributed by atoms with E-state index < -0.39 is 6.04 Å². The molecule has 0 unspecified atom stereocenters. The summed E-state index contributed by atoms with van der Waals surface area (Å²) in [5.41, 5.74) is 3.56. The van der Waals surface area contributed by atoms with Crippen molar-refractivity contribution in [2.45, 2.75) is 19.9 Å². The van der Waals surface area contributed by atoms with Gasteiger partial charge in [-0.25, -0.2) is 4.99 Å². The van der Waals surface area contributed by atoms with Crippen LogP contribution in [0.5, 0.6) is 11.5 Å². The van der Waals surface area contributed by atoms with Crippen LogP contribution in [-0.4, -0.2) is 38.7 Å². The lowest BCUT2D eigenvalue weighted by atomic mass is 9.92. The Kier molecular flexibility index (Phi) is 6.43. The van der Waals surface area contributed by atoms with Gasteiger partial charge in [-0.05, 0) is 49.8 Å².